The van der Waals surface area contributed by atoms with Crippen LogP contribution in [-0.4, -0.2) is 15.7 Å². The molecule has 0 unspecified atom stereocenters. The number of ketones is 1. The summed E-state index contributed by atoms with van der Waals surface area (Å²) >= 11 is 0. The molecule has 5 heteroatoms. The minimum absolute atomic E-state index is 0.0163. The Morgan fingerprint density at radius 3 is 2.30 bits per heavy atom. The number of aromatic nitrogens is 1. The molecule has 4 rings (SSSR count). The Kier molecular flexibility index (Phi) is 5.44. The van der Waals surface area contributed by atoms with E-state index < -0.39 is 4.92 Å². The van der Waals surface area contributed by atoms with E-state index in [0.29, 0.717) is 22.0 Å². The zero-order valence-corrected chi connectivity index (χ0v) is 16.1. The molecule has 30 heavy (non-hydrogen) atoms. The third-order valence-corrected chi connectivity index (χ3v) is 4.87. The van der Waals surface area contributed by atoms with Crippen molar-refractivity contribution in [3.05, 3.63) is 118 Å². The zero-order valence-electron chi connectivity index (χ0n) is 16.1. The molecular formula is C25H18N2O3. The average Bonchev–Trinajstić information content (AvgIpc) is 2.78. The van der Waals surface area contributed by atoms with Crippen LogP contribution < -0.4 is 0 Å². The van der Waals surface area contributed by atoms with Crippen LogP contribution in [0, 0.1) is 10.1 Å². The molecule has 146 valence electrons. The van der Waals surface area contributed by atoms with Gasteiger partial charge in [0, 0.05) is 24.3 Å². The summed E-state index contributed by atoms with van der Waals surface area (Å²) in [4.78, 5) is 28.6. The Hall–Kier alpha value is -4.12. The number of carbonyl (C=O) groups is 1. The van der Waals surface area contributed by atoms with Crippen molar-refractivity contribution in [2.45, 2.75) is 6.42 Å². The molecule has 0 N–H and O–H groups in total. The molecule has 0 saturated heterocycles. The van der Waals surface area contributed by atoms with E-state index in [9.17, 15) is 14.9 Å². The van der Waals surface area contributed by atoms with Crippen LogP contribution in [0.4, 0.5) is 5.69 Å². The number of Topliss-reactive ketones (excluding diaryl/α,β-unsaturated/α-hetero) is 1. The van der Waals surface area contributed by atoms with Crippen LogP contribution in [-0.2, 0) is 11.2 Å². The maximum Gasteiger partial charge on any atom is 0.278 e. The molecule has 0 atom stereocenters. The van der Waals surface area contributed by atoms with Crippen LogP contribution in [0.2, 0.25) is 0 Å². The Balaban J connectivity index is 1.76. The number of nitro benzene ring substituents is 1. The van der Waals surface area contributed by atoms with Crippen molar-refractivity contribution in [1.82, 2.24) is 4.98 Å². The number of fused-ring (bicyclic) bond motifs is 1. The number of hydrogen-bond donors (Lipinski definition) is 0. The van der Waals surface area contributed by atoms with Crippen molar-refractivity contribution in [2.75, 3.05) is 0 Å². The van der Waals surface area contributed by atoms with E-state index in [1.165, 1.54) is 6.07 Å². The van der Waals surface area contributed by atoms with Gasteiger partial charge in [-0.2, -0.15) is 0 Å². The van der Waals surface area contributed by atoms with Gasteiger partial charge < -0.3 is 0 Å². The zero-order chi connectivity index (χ0) is 20.9. The van der Waals surface area contributed by atoms with Gasteiger partial charge in [-0.05, 0) is 41.0 Å². The lowest BCUT2D eigenvalue weighted by Gasteiger charge is -2.10. The predicted molar refractivity (Wildman–Crippen MR) is 118 cm³/mol. The fraction of sp³-hybridized carbons (Fsp3) is 0.0400. The molecule has 0 bridgehead atoms. The second-order valence-corrected chi connectivity index (χ2v) is 6.84. The number of rotatable bonds is 6. The Morgan fingerprint density at radius 1 is 0.900 bits per heavy atom. The first-order chi connectivity index (χ1) is 14.6. The van der Waals surface area contributed by atoms with Gasteiger partial charge in [-0.3, -0.25) is 19.9 Å². The standard InChI is InChI=1S/C25H18N2O3/c28-24(17-20-13-14-23(27(29)30)21-12-7-15-26-25(20)21)22(19-10-5-2-6-11-19)16-18-8-3-1-4-9-18/h1-16H,17H2/b22-16+. The van der Waals surface area contributed by atoms with Gasteiger partial charge in [-0.25, -0.2) is 0 Å². The lowest BCUT2D eigenvalue weighted by Crippen LogP contribution is -2.07. The second-order valence-electron chi connectivity index (χ2n) is 6.84. The largest absolute Gasteiger partial charge is 0.294 e. The summed E-state index contributed by atoms with van der Waals surface area (Å²) in [5.74, 6) is -0.0779. The van der Waals surface area contributed by atoms with Crippen molar-refractivity contribution in [3.63, 3.8) is 0 Å². The highest BCUT2D eigenvalue weighted by molar-refractivity contribution is 6.26. The molecule has 1 aromatic heterocycles. The number of non-ortho nitro benzene ring substituents is 1. The summed E-state index contributed by atoms with van der Waals surface area (Å²) in [6.07, 6.45) is 3.55. The fourth-order valence-corrected chi connectivity index (χ4v) is 3.44. The smallest absolute Gasteiger partial charge is 0.278 e. The molecule has 3 aromatic carbocycles. The van der Waals surface area contributed by atoms with Gasteiger partial charge >= 0.3 is 0 Å². The van der Waals surface area contributed by atoms with E-state index in [1.54, 1.807) is 24.4 Å². The van der Waals surface area contributed by atoms with Crippen LogP contribution in [0.25, 0.3) is 22.6 Å². The molecule has 0 amide bonds. The highest BCUT2D eigenvalue weighted by atomic mass is 16.6. The summed E-state index contributed by atoms with van der Waals surface area (Å²) in [6, 6.07) is 25.5. The third-order valence-electron chi connectivity index (χ3n) is 4.87. The van der Waals surface area contributed by atoms with E-state index in [-0.39, 0.29) is 17.9 Å². The van der Waals surface area contributed by atoms with Crippen molar-refractivity contribution < 1.29 is 9.72 Å². The first-order valence-corrected chi connectivity index (χ1v) is 9.50. The fourth-order valence-electron chi connectivity index (χ4n) is 3.44. The highest BCUT2D eigenvalue weighted by Crippen LogP contribution is 2.29. The van der Waals surface area contributed by atoms with Gasteiger partial charge in [0.05, 0.1) is 15.8 Å². The number of pyridine rings is 1. The first kappa shape index (κ1) is 19.2. The van der Waals surface area contributed by atoms with Gasteiger partial charge in [-0.15, -0.1) is 0 Å². The van der Waals surface area contributed by atoms with Gasteiger partial charge in [-0.1, -0.05) is 60.7 Å². The number of allylic oxidation sites excluding steroid dienone is 1. The number of carbonyl (C=O) groups excluding carboxylic acids is 1. The molecular weight excluding hydrogens is 376 g/mol. The molecule has 0 fully saturated rings. The first-order valence-electron chi connectivity index (χ1n) is 9.50. The van der Waals surface area contributed by atoms with Crippen LogP contribution in [0.3, 0.4) is 0 Å². The van der Waals surface area contributed by atoms with Crippen molar-refractivity contribution >= 4 is 34.0 Å². The van der Waals surface area contributed by atoms with Crippen molar-refractivity contribution in [3.8, 4) is 0 Å². The molecule has 1 heterocycles. The molecule has 5 nitrogen and oxygen atoms in total. The summed E-state index contributed by atoms with van der Waals surface area (Å²) in [6.45, 7) is 0. The van der Waals surface area contributed by atoms with Crippen LogP contribution >= 0.6 is 0 Å². The summed E-state index contributed by atoms with van der Waals surface area (Å²) in [5.41, 5.74) is 3.46. The van der Waals surface area contributed by atoms with E-state index in [1.807, 2.05) is 66.7 Å². The van der Waals surface area contributed by atoms with Gasteiger partial charge in [0.15, 0.2) is 5.78 Å². The van der Waals surface area contributed by atoms with Crippen LogP contribution in [0.1, 0.15) is 16.7 Å². The molecule has 0 aliphatic rings. The third kappa shape index (κ3) is 4.00. The molecule has 4 aromatic rings. The Morgan fingerprint density at radius 2 is 1.60 bits per heavy atom. The van der Waals surface area contributed by atoms with E-state index in [4.69, 9.17) is 0 Å². The average molecular weight is 394 g/mol. The number of nitro groups is 1. The minimum Gasteiger partial charge on any atom is -0.294 e. The lowest BCUT2D eigenvalue weighted by atomic mass is 9.94. The number of nitrogens with zero attached hydrogens (tertiary/aromatic N) is 2. The summed E-state index contributed by atoms with van der Waals surface area (Å²) in [5, 5.41) is 11.8. The number of hydrogen-bond acceptors (Lipinski definition) is 4. The van der Waals surface area contributed by atoms with Crippen LogP contribution in [0.5, 0.6) is 0 Å². The highest BCUT2D eigenvalue weighted by Gasteiger charge is 2.19. The maximum atomic E-state index is 13.3. The normalized spacial score (nSPS) is 11.4. The molecule has 0 radical (unpaired) electrons. The lowest BCUT2D eigenvalue weighted by molar-refractivity contribution is -0.383. The quantitative estimate of drug-likeness (QED) is 0.187. The summed E-state index contributed by atoms with van der Waals surface area (Å²) < 4.78 is 0. The topological polar surface area (TPSA) is 73.1 Å². The molecule has 0 saturated carbocycles. The van der Waals surface area contributed by atoms with Gasteiger partial charge in [0.1, 0.15) is 0 Å². The van der Waals surface area contributed by atoms with Crippen LogP contribution in [0.15, 0.2) is 91.1 Å². The Labute approximate surface area is 173 Å². The van der Waals surface area contributed by atoms with E-state index >= 15 is 0 Å². The van der Waals surface area contributed by atoms with Crippen molar-refractivity contribution in [2.24, 2.45) is 0 Å². The molecule has 0 spiro atoms. The second kappa shape index (κ2) is 8.49. The van der Waals surface area contributed by atoms with Crippen molar-refractivity contribution in [1.29, 1.82) is 0 Å². The SMILES string of the molecule is O=C(Cc1ccc([N+](=O)[O-])c2cccnc12)/C(=C/c1ccccc1)c1ccccc1. The van der Waals surface area contributed by atoms with Gasteiger partial charge in [0.2, 0.25) is 0 Å². The monoisotopic (exact) mass is 394 g/mol. The maximum absolute atomic E-state index is 13.3. The predicted octanol–water partition coefficient (Wildman–Crippen LogP) is 5.50. The Bertz CT molecular complexity index is 1250. The molecule has 0 aliphatic heterocycles. The van der Waals surface area contributed by atoms with E-state index in [2.05, 4.69) is 4.98 Å². The van der Waals surface area contributed by atoms with Gasteiger partial charge in [0.25, 0.3) is 5.69 Å². The minimum atomic E-state index is -0.430. The molecule has 0 aliphatic carbocycles. The number of benzene rings is 3. The summed E-state index contributed by atoms with van der Waals surface area (Å²) in [7, 11) is 0. The van der Waals surface area contributed by atoms with E-state index in [0.717, 1.165) is 11.1 Å².